The predicted octanol–water partition coefficient (Wildman–Crippen LogP) is 3.45. The van der Waals surface area contributed by atoms with Crippen molar-refractivity contribution >= 4 is 22.8 Å². The van der Waals surface area contributed by atoms with E-state index in [4.69, 9.17) is 14.2 Å². The lowest BCUT2D eigenvalue weighted by molar-refractivity contribution is -0.191. The Balaban J connectivity index is 1.48. The fourth-order valence-electron chi connectivity index (χ4n) is 4.16. The van der Waals surface area contributed by atoms with Gasteiger partial charge in [-0.2, -0.15) is 0 Å². The SMILES string of the molecule is COc1ccnc2[nH]c([C@@H](CN3C(=O)c4ccccc4C3=O)O[C@H]3CCCCO3)cc12. The second kappa shape index (κ2) is 8.13. The number of hydrogen-bond donors (Lipinski definition) is 1. The van der Waals surface area contributed by atoms with E-state index >= 15 is 0 Å². The monoisotopic (exact) mass is 421 g/mol. The summed E-state index contributed by atoms with van der Waals surface area (Å²) < 4.78 is 17.5. The Kier molecular flexibility index (Phi) is 5.17. The predicted molar refractivity (Wildman–Crippen MR) is 112 cm³/mol. The number of benzene rings is 1. The number of aromatic amines is 1. The summed E-state index contributed by atoms with van der Waals surface area (Å²) in [6.45, 7) is 0.702. The molecule has 5 rings (SSSR count). The molecule has 4 heterocycles. The number of hydrogen-bond acceptors (Lipinski definition) is 6. The van der Waals surface area contributed by atoms with E-state index in [1.54, 1.807) is 43.6 Å². The van der Waals surface area contributed by atoms with Gasteiger partial charge < -0.3 is 19.2 Å². The topological polar surface area (TPSA) is 93.8 Å². The number of carbonyl (C=O) groups excluding carboxylic acids is 2. The molecule has 2 atom stereocenters. The van der Waals surface area contributed by atoms with Gasteiger partial charge in [0.05, 0.1) is 30.2 Å². The van der Waals surface area contributed by atoms with Gasteiger partial charge in [0.2, 0.25) is 0 Å². The van der Waals surface area contributed by atoms with Gasteiger partial charge in [-0.05, 0) is 43.5 Å². The van der Waals surface area contributed by atoms with Crippen LogP contribution in [0.5, 0.6) is 5.75 Å². The number of H-pyrrole nitrogens is 1. The van der Waals surface area contributed by atoms with Gasteiger partial charge in [-0.15, -0.1) is 0 Å². The van der Waals surface area contributed by atoms with Crippen molar-refractivity contribution in [2.45, 2.75) is 31.7 Å². The van der Waals surface area contributed by atoms with Gasteiger partial charge >= 0.3 is 0 Å². The first-order valence-corrected chi connectivity index (χ1v) is 10.4. The van der Waals surface area contributed by atoms with E-state index in [9.17, 15) is 9.59 Å². The third-order valence-electron chi connectivity index (χ3n) is 5.76. The molecule has 1 N–H and O–H groups in total. The standard InChI is InChI=1S/C23H23N3O5/c1-29-18-9-10-24-21-16(18)12-17(25-21)19(31-20-8-4-5-11-30-20)13-26-22(27)14-6-2-3-7-15(14)23(26)28/h2-3,6-7,9-10,12,19-20H,4-5,8,11,13H2,1H3,(H,24,25)/t19-,20+/m1/s1. The number of ether oxygens (including phenoxy) is 3. The smallest absolute Gasteiger partial charge is 0.261 e. The number of aromatic nitrogens is 2. The molecule has 1 aromatic carbocycles. The van der Waals surface area contributed by atoms with Crippen molar-refractivity contribution in [1.82, 2.24) is 14.9 Å². The highest BCUT2D eigenvalue weighted by molar-refractivity contribution is 6.21. The third kappa shape index (κ3) is 3.58. The lowest BCUT2D eigenvalue weighted by Gasteiger charge is -2.29. The molecule has 3 aromatic rings. The van der Waals surface area contributed by atoms with Crippen molar-refractivity contribution < 1.29 is 23.8 Å². The fourth-order valence-corrected chi connectivity index (χ4v) is 4.16. The molecule has 160 valence electrons. The average Bonchev–Trinajstić information content (AvgIpc) is 3.35. The van der Waals surface area contributed by atoms with Gasteiger partial charge in [-0.3, -0.25) is 14.5 Å². The highest BCUT2D eigenvalue weighted by atomic mass is 16.7. The van der Waals surface area contributed by atoms with Gasteiger partial charge in [0, 0.05) is 18.5 Å². The van der Waals surface area contributed by atoms with Crippen LogP contribution in [0, 0.1) is 0 Å². The normalized spacial score (nSPS) is 19.6. The molecule has 8 nitrogen and oxygen atoms in total. The summed E-state index contributed by atoms with van der Waals surface area (Å²) in [5.74, 6) is 0.0528. The lowest BCUT2D eigenvalue weighted by atomic mass is 10.1. The molecule has 2 aliphatic heterocycles. The fraction of sp³-hybridized carbons (Fsp3) is 0.348. The summed E-state index contributed by atoms with van der Waals surface area (Å²) in [6.07, 6.45) is 3.44. The zero-order valence-corrected chi connectivity index (χ0v) is 17.2. The van der Waals surface area contributed by atoms with Crippen LogP contribution in [-0.2, 0) is 9.47 Å². The molecule has 0 radical (unpaired) electrons. The second-order valence-corrected chi connectivity index (χ2v) is 7.69. The maximum absolute atomic E-state index is 12.9. The Morgan fingerprint density at radius 1 is 1.19 bits per heavy atom. The molecule has 1 fully saturated rings. The average molecular weight is 421 g/mol. The summed E-state index contributed by atoms with van der Waals surface area (Å²) in [6, 6.07) is 10.5. The Morgan fingerprint density at radius 2 is 1.97 bits per heavy atom. The first-order chi connectivity index (χ1) is 15.2. The first kappa shape index (κ1) is 19.7. The highest BCUT2D eigenvalue weighted by Crippen LogP contribution is 2.32. The van der Waals surface area contributed by atoms with Crippen LogP contribution >= 0.6 is 0 Å². The first-order valence-electron chi connectivity index (χ1n) is 10.4. The third-order valence-corrected chi connectivity index (χ3v) is 5.76. The zero-order chi connectivity index (χ0) is 21.4. The van der Waals surface area contributed by atoms with Crippen molar-refractivity contribution in [2.24, 2.45) is 0 Å². The molecule has 0 saturated carbocycles. The second-order valence-electron chi connectivity index (χ2n) is 7.69. The van der Waals surface area contributed by atoms with Gasteiger partial charge in [-0.1, -0.05) is 12.1 Å². The summed E-state index contributed by atoms with van der Waals surface area (Å²) >= 11 is 0. The van der Waals surface area contributed by atoms with E-state index in [0.717, 1.165) is 24.6 Å². The van der Waals surface area contributed by atoms with Crippen LogP contribution in [0.2, 0.25) is 0 Å². The molecular formula is C23H23N3O5. The number of rotatable bonds is 6. The molecule has 2 aliphatic rings. The molecule has 0 unspecified atom stereocenters. The molecule has 1 saturated heterocycles. The molecular weight excluding hydrogens is 398 g/mol. The Morgan fingerprint density at radius 3 is 2.65 bits per heavy atom. The minimum Gasteiger partial charge on any atom is -0.496 e. The van der Waals surface area contributed by atoms with E-state index in [2.05, 4.69) is 9.97 Å². The molecule has 2 amide bonds. The molecule has 31 heavy (non-hydrogen) atoms. The van der Waals surface area contributed by atoms with Gasteiger partial charge in [0.15, 0.2) is 6.29 Å². The maximum Gasteiger partial charge on any atom is 0.261 e. The molecule has 0 spiro atoms. The minimum absolute atomic E-state index is 0.0708. The summed E-state index contributed by atoms with van der Waals surface area (Å²) in [4.78, 5) is 34.7. The van der Waals surface area contributed by atoms with Crippen LogP contribution in [0.15, 0.2) is 42.6 Å². The molecule has 0 bridgehead atoms. The number of imide groups is 1. The highest BCUT2D eigenvalue weighted by Gasteiger charge is 2.38. The number of pyridine rings is 1. The number of fused-ring (bicyclic) bond motifs is 2. The van der Waals surface area contributed by atoms with Crippen molar-refractivity contribution in [1.29, 1.82) is 0 Å². The van der Waals surface area contributed by atoms with Crippen molar-refractivity contribution in [3.05, 3.63) is 59.4 Å². The lowest BCUT2D eigenvalue weighted by Crippen LogP contribution is -2.36. The van der Waals surface area contributed by atoms with Gasteiger partial charge in [0.1, 0.15) is 17.5 Å². The number of nitrogens with one attached hydrogen (secondary N) is 1. The minimum atomic E-state index is -0.593. The Labute approximate surface area is 179 Å². The Bertz CT molecular complexity index is 1100. The molecule has 2 aromatic heterocycles. The van der Waals surface area contributed by atoms with Crippen LogP contribution < -0.4 is 4.74 Å². The zero-order valence-electron chi connectivity index (χ0n) is 17.2. The Hall–Kier alpha value is -3.23. The van der Waals surface area contributed by atoms with Crippen LogP contribution in [0.3, 0.4) is 0 Å². The summed E-state index contributed by atoms with van der Waals surface area (Å²) in [7, 11) is 1.60. The van der Waals surface area contributed by atoms with Crippen LogP contribution in [0.1, 0.15) is 51.8 Å². The van der Waals surface area contributed by atoms with Crippen LogP contribution in [-0.4, -0.2) is 53.2 Å². The van der Waals surface area contributed by atoms with E-state index in [1.807, 2.05) is 6.07 Å². The van der Waals surface area contributed by atoms with Crippen molar-refractivity contribution in [3.8, 4) is 5.75 Å². The van der Waals surface area contributed by atoms with Gasteiger partial charge in [0.25, 0.3) is 11.8 Å². The maximum atomic E-state index is 12.9. The molecule has 8 heteroatoms. The van der Waals surface area contributed by atoms with Gasteiger partial charge in [-0.25, -0.2) is 4.98 Å². The largest absolute Gasteiger partial charge is 0.496 e. The van der Waals surface area contributed by atoms with E-state index in [1.165, 1.54) is 4.90 Å². The summed E-state index contributed by atoms with van der Waals surface area (Å²) in [5.41, 5.74) is 2.19. The number of amides is 2. The quantitative estimate of drug-likeness (QED) is 0.613. The summed E-state index contributed by atoms with van der Waals surface area (Å²) in [5, 5.41) is 0.806. The van der Waals surface area contributed by atoms with E-state index in [0.29, 0.717) is 34.8 Å². The van der Waals surface area contributed by atoms with E-state index < -0.39 is 12.4 Å². The van der Waals surface area contributed by atoms with Crippen LogP contribution in [0.25, 0.3) is 11.0 Å². The van der Waals surface area contributed by atoms with Crippen LogP contribution in [0.4, 0.5) is 0 Å². The van der Waals surface area contributed by atoms with E-state index in [-0.39, 0.29) is 18.4 Å². The molecule has 0 aliphatic carbocycles. The van der Waals surface area contributed by atoms with Crippen molar-refractivity contribution in [3.63, 3.8) is 0 Å². The number of carbonyl (C=O) groups is 2. The number of nitrogens with zero attached hydrogens (tertiary/aromatic N) is 2. The number of methoxy groups -OCH3 is 1. The van der Waals surface area contributed by atoms with Crippen molar-refractivity contribution in [2.75, 3.05) is 20.3 Å².